The van der Waals surface area contributed by atoms with Gasteiger partial charge < -0.3 is 19.5 Å². The summed E-state index contributed by atoms with van der Waals surface area (Å²) >= 11 is 0. The molecule has 1 aromatic rings. The van der Waals surface area contributed by atoms with E-state index < -0.39 is 0 Å². The minimum Gasteiger partial charge on any atom is -0.379 e. The molecular weight excluding hydrogens is 304 g/mol. The molecule has 6 heteroatoms. The molecule has 6 nitrogen and oxygen atoms in total. The van der Waals surface area contributed by atoms with Crippen molar-refractivity contribution in [2.24, 2.45) is 0 Å². The molecule has 0 radical (unpaired) electrons. The number of piperidine rings is 1. The van der Waals surface area contributed by atoms with Gasteiger partial charge in [0.1, 0.15) is 11.5 Å². The van der Waals surface area contributed by atoms with E-state index >= 15 is 0 Å². The third-order valence-electron chi connectivity index (χ3n) is 4.65. The lowest BCUT2D eigenvalue weighted by Crippen LogP contribution is -2.32. The number of rotatable bonds is 7. The van der Waals surface area contributed by atoms with Gasteiger partial charge in [0.05, 0.1) is 6.10 Å². The second-order valence-electron chi connectivity index (χ2n) is 7.03. The van der Waals surface area contributed by atoms with E-state index in [2.05, 4.69) is 26.8 Å². The van der Waals surface area contributed by atoms with Crippen molar-refractivity contribution in [3.05, 3.63) is 17.2 Å². The van der Waals surface area contributed by atoms with Crippen molar-refractivity contribution in [2.45, 2.75) is 59.1 Å². The first kappa shape index (κ1) is 18.9. The molecule has 136 valence electrons. The Kier molecular flexibility index (Phi) is 6.80. The quantitative estimate of drug-likeness (QED) is 0.776. The van der Waals surface area contributed by atoms with E-state index in [4.69, 9.17) is 4.74 Å². The fourth-order valence-electron chi connectivity index (χ4n) is 3.34. The number of aromatic nitrogens is 2. The Labute approximate surface area is 145 Å². The molecule has 1 aliphatic heterocycles. The van der Waals surface area contributed by atoms with Gasteiger partial charge in [0, 0.05) is 24.9 Å². The van der Waals surface area contributed by atoms with Crippen LogP contribution in [0.2, 0.25) is 0 Å². The van der Waals surface area contributed by atoms with Crippen molar-refractivity contribution in [2.75, 3.05) is 33.3 Å². The number of likely N-dealkylation sites (tertiary alicyclic amines) is 1. The Morgan fingerprint density at radius 1 is 1.33 bits per heavy atom. The number of nitrogens with zero attached hydrogens (tertiary/aromatic N) is 3. The number of imidazole rings is 1. The number of aryl methyl sites for hydroxylation is 1. The molecule has 0 bridgehead atoms. The first-order valence-electron chi connectivity index (χ1n) is 9.04. The topological polar surface area (TPSA) is 59.4 Å². The number of amides is 1. The van der Waals surface area contributed by atoms with Gasteiger partial charge in [-0.25, -0.2) is 4.98 Å². The Hall–Kier alpha value is -1.40. The maximum atomic E-state index is 12.4. The van der Waals surface area contributed by atoms with Gasteiger partial charge in [0.25, 0.3) is 5.91 Å². The van der Waals surface area contributed by atoms with Gasteiger partial charge >= 0.3 is 0 Å². The van der Waals surface area contributed by atoms with Gasteiger partial charge in [-0.1, -0.05) is 0 Å². The zero-order valence-electron chi connectivity index (χ0n) is 15.8. The van der Waals surface area contributed by atoms with Crippen LogP contribution in [0.1, 0.15) is 61.2 Å². The van der Waals surface area contributed by atoms with Gasteiger partial charge in [-0.05, 0) is 67.1 Å². The van der Waals surface area contributed by atoms with Crippen LogP contribution in [0, 0.1) is 13.8 Å². The SMILES string of the molecule is Cc1nc(C(=O)NCCCOC(C)C)c(C)n1C1CCN(C)CC1. The van der Waals surface area contributed by atoms with Crippen molar-refractivity contribution in [1.82, 2.24) is 19.8 Å². The third-order valence-corrected chi connectivity index (χ3v) is 4.65. The average molecular weight is 336 g/mol. The molecule has 0 atom stereocenters. The van der Waals surface area contributed by atoms with Crippen molar-refractivity contribution in [1.29, 1.82) is 0 Å². The summed E-state index contributed by atoms with van der Waals surface area (Å²) in [7, 11) is 2.16. The fourth-order valence-corrected chi connectivity index (χ4v) is 3.34. The standard InChI is InChI=1S/C18H32N4O2/c1-13(2)24-12-6-9-19-18(23)17-14(3)22(15(4)20-17)16-7-10-21(5)11-8-16/h13,16H,6-12H2,1-5H3,(H,19,23). The zero-order valence-corrected chi connectivity index (χ0v) is 15.8. The normalized spacial score (nSPS) is 16.8. The lowest BCUT2D eigenvalue weighted by atomic mass is 10.0. The largest absolute Gasteiger partial charge is 0.379 e. The molecule has 1 N–H and O–H groups in total. The van der Waals surface area contributed by atoms with Crippen LogP contribution in [-0.2, 0) is 4.74 Å². The lowest BCUT2D eigenvalue weighted by Gasteiger charge is -2.31. The van der Waals surface area contributed by atoms with E-state index in [1.54, 1.807) is 0 Å². The summed E-state index contributed by atoms with van der Waals surface area (Å²) in [4.78, 5) is 19.3. The summed E-state index contributed by atoms with van der Waals surface area (Å²) in [6.45, 7) is 11.5. The number of hydrogen-bond acceptors (Lipinski definition) is 4. The molecule has 1 fully saturated rings. The van der Waals surface area contributed by atoms with Crippen LogP contribution in [0.5, 0.6) is 0 Å². The van der Waals surface area contributed by atoms with Crippen molar-refractivity contribution < 1.29 is 9.53 Å². The molecule has 2 rings (SSSR count). The van der Waals surface area contributed by atoms with Crippen molar-refractivity contribution >= 4 is 5.91 Å². The number of hydrogen-bond donors (Lipinski definition) is 1. The molecule has 1 amide bonds. The van der Waals surface area contributed by atoms with E-state index in [0.717, 1.165) is 43.9 Å². The first-order valence-corrected chi connectivity index (χ1v) is 9.04. The molecule has 24 heavy (non-hydrogen) atoms. The van der Waals surface area contributed by atoms with Gasteiger partial charge in [-0.15, -0.1) is 0 Å². The summed E-state index contributed by atoms with van der Waals surface area (Å²) in [5, 5.41) is 2.96. The molecular formula is C18H32N4O2. The molecule has 0 aliphatic carbocycles. The van der Waals surface area contributed by atoms with Crippen LogP contribution >= 0.6 is 0 Å². The average Bonchev–Trinajstić information content (AvgIpc) is 2.82. The Bertz CT molecular complexity index is 545. The predicted molar refractivity (Wildman–Crippen MR) is 95.5 cm³/mol. The highest BCUT2D eigenvalue weighted by atomic mass is 16.5. The summed E-state index contributed by atoms with van der Waals surface area (Å²) in [6.07, 6.45) is 3.28. The van der Waals surface area contributed by atoms with E-state index in [9.17, 15) is 4.79 Å². The van der Waals surface area contributed by atoms with Gasteiger partial charge in [-0.2, -0.15) is 0 Å². The molecule has 2 heterocycles. The predicted octanol–water partition coefficient (Wildman–Crippen LogP) is 2.31. The van der Waals surface area contributed by atoms with E-state index in [-0.39, 0.29) is 12.0 Å². The third kappa shape index (κ3) is 4.80. The Morgan fingerprint density at radius 2 is 2.00 bits per heavy atom. The maximum absolute atomic E-state index is 12.4. The van der Waals surface area contributed by atoms with Crippen LogP contribution in [0.15, 0.2) is 0 Å². The van der Waals surface area contributed by atoms with Gasteiger partial charge in [-0.3, -0.25) is 4.79 Å². The highest BCUT2D eigenvalue weighted by molar-refractivity contribution is 5.93. The Balaban J connectivity index is 1.93. The number of nitrogens with one attached hydrogen (secondary N) is 1. The highest BCUT2D eigenvalue weighted by Crippen LogP contribution is 2.26. The van der Waals surface area contributed by atoms with Crippen molar-refractivity contribution in [3.63, 3.8) is 0 Å². The van der Waals surface area contributed by atoms with E-state index in [1.807, 2.05) is 27.7 Å². The maximum Gasteiger partial charge on any atom is 0.271 e. The molecule has 1 aliphatic rings. The molecule has 1 saturated heterocycles. The lowest BCUT2D eigenvalue weighted by molar-refractivity contribution is 0.0756. The zero-order chi connectivity index (χ0) is 17.7. The van der Waals surface area contributed by atoms with Crippen LogP contribution in [0.3, 0.4) is 0 Å². The van der Waals surface area contributed by atoms with E-state index in [1.165, 1.54) is 0 Å². The molecule has 0 aromatic carbocycles. The summed E-state index contributed by atoms with van der Waals surface area (Å²) < 4.78 is 7.74. The van der Waals surface area contributed by atoms with E-state index in [0.29, 0.717) is 24.9 Å². The minimum atomic E-state index is -0.0770. The van der Waals surface area contributed by atoms with Gasteiger partial charge in [0.2, 0.25) is 0 Å². The Morgan fingerprint density at radius 3 is 2.62 bits per heavy atom. The molecule has 0 spiro atoms. The summed E-state index contributed by atoms with van der Waals surface area (Å²) in [5.74, 6) is 0.863. The number of carbonyl (C=O) groups is 1. The minimum absolute atomic E-state index is 0.0770. The van der Waals surface area contributed by atoms with Crippen LogP contribution in [0.25, 0.3) is 0 Å². The van der Waals surface area contributed by atoms with Crippen molar-refractivity contribution in [3.8, 4) is 0 Å². The molecule has 0 unspecified atom stereocenters. The number of ether oxygens (including phenoxy) is 1. The molecule has 0 saturated carbocycles. The monoisotopic (exact) mass is 336 g/mol. The highest BCUT2D eigenvalue weighted by Gasteiger charge is 2.25. The number of carbonyl (C=O) groups excluding carboxylic acids is 1. The van der Waals surface area contributed by atoms with Gasteiger partial charge in [0.15, 0.2) is 0 Å². The van der Waals surface area contributed by atoms with Crippen LogP contribution < -0.4 is 5.32 Å². The van der Waals surface area contributed by atoms with Crippen LogP contribution in [0.4, 0.5) is 0 Å². The van der Waals surface area contributed by atoms with Crippen LogP contribution in [-0.4, -0.2) is 59.8 Å². The summed E-state index contributed by atoms with van der Waals surface area (Å²) in [6, 6.07) is 0.453. The fraction of sp³-hybridized carbons (Fsp3) is 0.778. The second-order valence-corrected chi connectivity index (χ2v) is 7.03. The summed E-state index contributed by atoms with van der Waals surface area (Å²) in [5.41, 5.74) is 1.55. The first-order chi connectivity index (χ1) is 11.4. The molecule has 1 aromatic heterocycles. The smallest absolute Gasteiger partial charge is 0.271 e. The second kappa shape index (κ2) is 8.62.